The predicted molar refractivity (Wildman–Crippen MR) is 186 cm³/mol. The van der Waals surface area contributed by atoms with Crippen LogP contribution in [-0.2, 0) is 39.6 Å². The fraction of sp³-hybridized carbons (Fsp3) is 0.625. The van der Waals surface area contributed by atoms with Gasteiger partial charge in [0, 0.05) is 25.8 Å². The SMILES string of the molecule is NCCCC[C@H](N)C(=O)C[C@@H](Cc1ccccc1)CN(CC(=O)CCc1cc(C(F)(F)F)cc(C(F)(F)F)c1)C(=O)CC12CC3CC(CC(C3)C1)C2. The average Bonchev–Trinajstić information content (AvgIpc) is 3.05. The number of aryl methyl sites for hydroxylation is 1. The minimum Gasteiger partial charge on any atom is -0.335 e. The molecule has 4 N–H and O–H groups in total. The summed E-state index contributed by atoms with van der Waals surface area (Å²) in [5, 5.41) is 0. The number of Topliss-reactive ketones (excluding diaryl/α,β-unsaturated/α-hetero) is 2. The Hall–Kier alpha value is -3.25. The molecule has 0 spiro atoms. The normalized spacial score (nSPS) is 23.7. The maximum atomic E-state index is 14.3. The zero-order valence-electron chi connectivity index (χ0n) is 29.6. The summed E-state index contributed by atoms with van der Waals surface area (Å²) in [6.45, 7) is 0.233. The zero-order chi connectivity index (χ0) is 37.7. The fourth-order valence-corrected chi connectivity index (χ4v) is 9.50. The molecule has 0 radical (unpaired) electrons. The summed E-state index contributed by atoms with van der Waals surface area (Å²) in [4.78, 5) is 42.7. The van der Waals surface area contributed by atoms with Crippen LogP contribution in [0.4, 0.5) is 26.3 Å². The van der Waals surface area contributed by atoms with Crippen LogP contribution in [0.15, 0.2) is 48.5 Å². The second kappa shape index (κ2) is 16.8. The van der Waals surface area contributed by atoms with Gasteiger partial charge in [0.25, 0.3) is 0 Å². The van der Waals surface area contributed by atoms with Crippen molar-refractivity contribution in [3.8, 4) is 0 Å². The van der Waals surface area contributed by atoms with Crippen molar-refractivity contribution in [3.63, 3.8) is 0 Å². The van der Waals surface area contributed by atoms with E-state index in [1.165, 1.54) is 24.2 Å². The standard InChI is InChI=1S/C40H51F6N3O3/c41-39(42,43)32-16-27(17-33(19-32)40(44,45)46)9-10-34(50)25-49(37(52)23-38-20-28-13-29(21-38)15-30(14-28)22-38)24-31(12-26-6-2-1-3-7-26)18-36(51)35(48)8-4-5-11-47/h1-3,6-7,16-17,19,28-31,35H,4-5,8-15,18,20-25,47-48H2/t28?,29?,30?,31-,35+,38?/m1/s1. The van der Waals surface area contributed by atoms with Gasteiger partial charge in [-0.25, -0.2) is 0 Å². The van der Waals surface area contributed by atoms with Gasteiger partial charge >= 0.3 is 12.4 Å². The lowest BCUT2D eigenvalue weighted by molar-refractivity contribution is -0.144. The molecular weight excluding hydrogens is 684 g/mol. The molecule has 0 aliphatic heterocycles. The van der Waals surface area contributed by atoms with Crippen LogP contribution in [0.25, 0.3) is 0 Å². The Morgan fingerprint density at radius 2 is 1.40 bits per heavy atom. The first-order valence-electron chi connectivity index (χ1n) is 18.6. The third kappa shape index (κ3) is 10.9. The van der Waals surface area contributed by atoms with Gasteiger partial charge in [0.05, 0.1) is 23.7 Å². The molecule has 12 heteroatoms. The van der Waals surface area contributed by atoms with Crippen LogP contribution in [0.5, 0.6) is 0 Å². The maximum Gasteiger partial charge on any atom is 0.416 e. The maximum absolute atomic E-state index is 14.3. The van der Waals surface area contributed by atoms with Crippen molar-refractivity contribution in [2.75, 3.05) is 19.6 Å². The van der Waals surface area contributed by atoms with Crippen LogP contribution in [0.3, 0.4) is 0 Å². The Kier molecular flexibility index (Phi) is 12.9. The van der Waals surface area contributed by atoms with Gasteiger partial charge < -0.3 is 16.4 Å². The van der Waals surface area contributed by atoms with E-state index in [-0.39, 0.29) is 73.4 Å². The number of amides is 1. The number of carbonyl (C=O) groups excluding carboxylic acids is 3. The van der Waals surface area contributed by atoms with Crippen LogP contribution in [0.1, 0.15) is 99.3 Å². The van der Waals surface area contributed by atoms with Gasteiger partial charge in [0.2, 0.25) is 5.91 Å². The van der Waals surface area contributed by atoms with Gasteiger partial charge in [0.15, 0.2) is 5.78 Å². The third-order valence-corrected chi connectivity index (χ3v) is 11.5. The fourth-order valence-electron chi connectivity index (χ4n) is 9.50. The highest BCUT2D eigenvalue weighted by molar-refractivity contribution is 5.87. The first kappa shape index (κ1) is 39.9. The molecule has 286 valence electrons. The molecule has 0 heterocycles. The van der Waals surface area contributed by atoms with E-state index in [9.17, 15) is 40.7 Å². The van der Waals surface area contributed by atoms with Crippen molar-refractivity contribution in [3.05, 3.63) is 70.8 Å². The van der Waals surface area contributed by atoms with E-state index in [2.05, 4.69) is 0 Å². The Labute approximate surface area is 302 Å². The topological polar surface area (TPSA) is 106 Å². The minimum absolute atomic E-state index is 0.0640. The van der Waals surface area contributed by atoms with Crippen molar-refractivity contribution in [1.82, 2.24) is 4.90 Å². The molecule has 1 amide bonds. The molecule has 52 heavy (non-hydrogen) atoms. The second-order valence-electron chi connectivity index (χ2n) is 15.9. The van der Waals surface area contributed by atoms with Crippen molar-refractivity contribution in [1.29, 1.82) is 0 Å². The van der Waals surface area contributed by atoms with Gasteiger partial charge in [-0.3, -0.25) is 14.4 Å². The number of benzene rings is 2. The molecule has 6 nitrogen and oxygen atoms in total. The second-order valence-corrected chi connectivity index (χ2v) is 15.9. The summed E-state index contributed by atoms with van der Waals surface area (Å²) in [5.41, 5.74) is 9.54. The highest BCUT2D eigenvalue weighted by atomic mass is 19.4. The first-order chi connectivity index (χ1) is 24.5. The van der Waals surface area contributed by atoms with E-state index in [0.29, 0.717) is 55.7 Å². The molecule has 4 bridgehead atoms. The molecule has 4 saturated carbocycles. The zero-order valence-corrected chi connectivity index (χ0v) is 29.6. The third-order valence-electron chi connectivity index (χ3n) is 11.5. The van der Waals surface area contributed by atoms with Crippen molar-refractivity contribution >= 4 is 17.5 Å². The number of hydrogen-bond donors (Lipinski definition) is 2. The Morgan fingerprint density at radius 1 is 0.827 bits per heavy atom. The summed E-state index contributed by atoms with van der Waals surface area (Å²) in [5.74, 6) is 0.566. The predicted octanol–water partition coefficient (Wildman–Crippen LogP) is 7.94. The van der Waals surface area contributed by atoms with E-state index >= 15 is 0 Å². The highest BCUT2D eigenvalue weighted by Crippen LogP contribution is 2.61. The van der Waals surface area contributed by atoms with Gasteiger partial charge in [-0.15, -0.1) is 0 Å². The van der Waals surface area contributed by atoms with Gasteiger partial charge in [-0.05, 0) is 129 Å². The molecule has 4 fully saturated rings. The summed E-state index contributed by atoms with van der Waals surface area (Å²) in [6, 6.07) is 10.1. The first-order valence-corrected chi connectivity index (χ1v) is 18.6. The van der Waals surface area contributed by atoms with Gasteiger partial charge in [-0.2, -0.15) is 26.3 Å². The summed E-state index contributed by atoms with van der Waals surface area (Å²) in [6.07, 6.45) is -1.53. The van der Waals surface area contributed by atoms with Crippen LogP contribution in [0, 0.1) is 29.1 Å². The lowest BCUT2D eigenvalue weighted by Crippen LogP contribution is -2.49. The summed E-state index contributed by atoms with van der Waals surface area (Å²) < 4.78 is 80.9. The van der Waals surface area contributed by atoms with E-state index in [4.69, 9.17) is 11.5 Å². The number of unbranched alkanes of at least 4 members (excludes halogenated alkanes) is 1. The van der Waals surface area contributed by atoms with E-state index < -0.39 is 35.3 Å². The smallest absolute Gasteiger partial charge is 0.335 e. The summed E-state index contributed by atoms with van der Waals surface area (Å²) >= 11 is 0. The van der Waals surface area contributed by atoms with E-state index in [1.807, 2.05) is 30.3 Å². The number of nitrogens with two attached hydrogens (primary N) is 2. The van der Waals surface area contributed by atoms with E-state index in [1.54, 1.807) is 0 Å². The molecule has 2 aromatic carbocycles. The number of alkyl halides is 6. The quantitative estimate of drug-likeness (QED) is 0.120. The number of rotatable bonds is 18. The van der Waals surface area contributed by atoms with Crippen LogP contribution < -0.4 is 11.5 Å². The van der Waals surface area contributed by atoms with Crippen molar-refractivity contribution in [2.45, 2.75) is 108 Å². The molecule has 2 atom stereocenters. The number of nitrogens with zero attached hydrogens (tertiary/aromatic N) is 1. The van der Waals surface area contributed by atoms with Crippen molar-refractivity contribution < 1.29 is 40.7 Å². The molecule has 0 saturated heterocycles. The molecule has 0 unspecified atom stereocenters. The van der Waals surface area contributed by atoms with Crippen LogP contribution >= 0.6 is 0 Å². The number of ketones is 2. The Morgan fingerprint density at radius 3 is 1.94 bits per heavy atom. The largest absolute Gasteiger partial charge is 0.416 e. The lowest BCUT2D eigenvalue weighted by atomic mass is 9.49. The van der Waals surface area contributed by atoms with Gasteiger partial charge in [-0.1, -0.05) is 36.8 Å². The minimum atomic E-state index is -5.00. The molecule has 4 aliphatic rings. The average molecular weight is 736 g/mol. The number of halogens is 6. The van der Waals surface area contributed by atoms with Gasteiger partial charge in [0.1, 0.15) is 5.78 Å². The van der Waals surface area contributed by atoms with E-state index in [0.717, 1.165) is 31.2 Å². The monoisotopic (exact) mass is 735 g/mol. The number of hydrogen-bond acceptors (Lipinski definition) is 5. The van der Waals surface area contributed by atoms with Crippen LogP contribution in [0.2, 0.25) is 0 Å². The molecular formula is C40H51F6N3O3. The molecule has 0 aromatic heterocycles. The highest BCUT2D eigenvalue weighted by Gasteiger charge is 2.52. The van der Waals surface area contributed by atoms with Crippen LogP contribution in [-0.4, -0.2) is 48.0 Å². The Balaban J connectivity index is 1.36. The molecule has 2 aromatic rings. The Bertz CT molecular complexity index is 1480. The number of carbonyl (C=O) groups is 3. The molecule has 6 rings (SSSR count). The van der Waals surface area contributed by atoms with Crippen molar-refractivity contribution in [2.24, 2.45) is 40.6 Å². The molecule has 4 aliphatic carbocycles. The lowest BCUT2D eigenvalue weighted by Gasteiger charge is -2.57. The summed E-state index contributed by atoms with van der Waals surface area (Å²) in [7, 11) is 0.